The van der Waals surface area contributed by atoms with Crippen LogP contribution in [0.25, 0.3) is 0 Å². The molecular formula is C11H8INO5. The third-order valence-electron chi connectivity index (χ3n) is 2.36. The molecule has 1 aliphatic rings. The van der Waals surface area contributed by atoms with E-state index in [1.807, 2.05) is 22.6 Å². The van der Waals surface area contributed by atoms with Crippen molar-refractivity contribution in [1.29, 1.82) is 0 Å². The maximum absolute atomic E-state index is 11.7. The van der Waals surface area contributed by atoms with Crippen LogP contribution in [0, 0.1) is 3.57 Å². The maximum atomic E-state index is 11.7. The number of halogens is 1. The van der Waals surface area contributed by atoms with Crippen molar-refractivity contribution in [1.82, 2.24) is 5.06 Å². The zero-order valence-corrected chi connectivity index (χ0v) is 11.2. The Hall–Kier alpha value is -1.64. The average molecular weight is 365 g/mol. The summed E-state index contributed by atoms with van der Waals surface area (Å²) in [5.74, 6) is -1.82. The molecule has 0 spiro atoms. The van der Waals surface area contributed by atoms with Gasteiger partial charge in [0.25, 0.3) is 11.8 Å². The lowest BCUT2D eigenvalue weighted by Crippen LogP contribution is -2.32. The second-order valence-electron chi connectivity index (χ2n) is 3.63. The molecule has 18 heavy (non-hydrogen) atoms. The number of carbonyl (C=O) groups is 3. The molecule has 1 aromatic carbocycles. The number of carbonyl (C=O) groups excluding carboxylic acids is 3. The van der Waals surface area contributed by atoms with E-state index in [4.69, 9.17) is 4.84 Å². The number of benzene rings is 1. The summed E-state index contributed by atoms with van der Waals surface area (Å²) >= 11 is 1.85. The predicted octanol–water partition coefficient (Wildman–Crippen LogP) is 1.22. The molecule has 1 aliphatic heterocycles. The van der Waals surface area contributed by atoms with E-state index in [-0.39, 0.29) is 24.2 Å². The average Bonchev–Trinajstić information content (AvgIpc) is 2.64. The van der Waals surface area contributed by atoms with Crippen LogP contribution in [0.4, 0.5) is 0 Å². The molecular weight excluding hydrogens is 357 g/mol. The summed E-state index contributed by atoms with van der Waals surface area (Å²) in [5, 5.41) is 9.80. The number of amides is 2. The summed E-state index contributed by atoms with van der Waals surface area (Å²) in [5.41, 5.74) is 0.157. The summed E-state index contributed by atoms with van der Waals surface area (Å²) < 4.78 is 0.473. The highest BCUT2D eigenvalue weighted by molar-refractivity contribution is 14.1. The number of hydrogen-bond donors (Lipinski definition) is 1. The number of nitrogens with zero attached hydrogens (tertiary/aromatic N) is 1. The van der Waals surface area contributed by atoms with Crippen LogP contribution in [0.5, 0.6) is 5.75 Å². The fraction of sp³-hybridized carbons (Fsp3) is 0.182. The summed E-state index contributed by atoms with van der Waals surface area (Å²) in [4.78, 5) is 38.9. The van der Waals surface area contributed by atoms with Crippen LogP contribution in [0.1, 0.15) is 23.2 Å². The van der Waals surface area contributed by atoms with Gasteiger partial charge in [0.1, 0.15) is 5.75 Å². The van der Waals surface area contributed by atoms with Crippen LogP contribution in [-0.4, -0.2) is 28.0 Å². The van der Waals surface area contributed by atoms with Crippen molar-refractivity contribution in [2.75, 3.05) is 0 Å². The molecule has 1 N–H and O–H groups in total. The van der Waals surface area contributed by atoms with E-state index in [0.29, 0.717) is 8.63 Å². The molecule has 0 aliphatic carbocycles. The normalized spacial score (nSPS) is 15.1. The molecule has 1 fully saturated rings. The van der Waals surface area contributed by atoms with Crippen LogP contribution >= 0.6 is 22.6 Å². The Kier molecular flexibility index (Phi) is 3.50. The molecule has 0 bridgehead atoms. The molecule has 0 aromatic heterocycles. The third-order valence-corrected chi connectivity index (χ3v) is 3.23. The molecule has 1 saturated heterocycles. The minimum Gasteiger partial charge on any atom is -0.507 e. The van der Waals surface area contributed by atoms with Crippen molar-refractivity contribution in [3.63, 3.8) is 0 Å². The summed E-state index contributed by atoms with van der Waals surface area (Å²) in [6.45, 7) is 0. The van der Waals surface area contributed by atoms with Crippen LogP contribution in [0.2, 0.25) is 0 Å². The summed E-state index contributed by atoms with van der Waals surface area (Å²) in [7, 11) is 0. The first-order valence-electron chi connectivity index (χ1n) is 5.05. The van der Waals surface area contributed by atoms with Crippen molar-refractivity contribution < 1.29 is 24.3 Å². The first-order chi connectivity index (χ1) is 8.49. The lowest BCUT2D eigenvalue weighted by molar-refractivity contribution is -0.172. The number of phenols is 1. The van der Waals surface area contributed by atoms with Crippen molar-refractivity contribution in [2.24, 2.45) is 0 Å². The van der Waals surface area contributed by atoms with Gasteiger partial charge < -0.3 is 9.94 Å². The van der Waals surface area contributed by atoms with E-state index in [2.05, 4.69) is 0 Å². The molecule has 94 valence electrons. The molecule has 0 unspecified atom stereocenters. The predicted molar refractivity (Wildman–Crippen MR) is 67.3 cm³/mol. The molecule has 1 aromatic rings. The Morgan fingerprint density at radius 3 is 2.44 bits per heavy atom. The van der Waals surface area contributed by atoms with Gasteiger partial charge in [-0.2, -0.15) is 0 Å². The minimum absolute atomic E-state index is 0.0421. The highest BCUT2D eigenvalue weighted by atomic mass is 131. The van der Waals surface area contributed by atoms with E-state index in [1.54, 1.807) is 0 Å². The first-order valence-corrected chi connectivity index (χ1v) is 6.13. The number of aromatic hydroxyl groups is 1. The lowest BCUT2D eigenvalue weighted by atomic mass is 10.2. The second kappa shape index (κ2) is 4.92. The van der Waals surface area contributed by atoms with Gasteiger partial charge in [0.2, 0.25) is 0 Å². The van der Waals surface area contributed by atoms with Gasteiger partial charge >= 0.3 is 5.97 Å². The van der Waals surface area contributed by atoms with Crippen molar-refractivity contribution >= 4 is 40.4 Å². The van der Waals surface area contributed by atoms with Crippen LogP contribution in [-0.2, 0) is 14.4 Å². The van der Waals surface area contributed by atoms with Crippen molar-refractivity contribution in [3.05, 3.63) is 27.3 Å². The largest absolute Gasteiger partial charge is 0.507 e. The third kappa shape index (κ3) is 2.45. The molecule has 0 radical (unpaired) electrons. The van der Waals surface area contributed by atoms with Crippen molar-refractivity contribution in [3.8, 4) is 5.75 Å². The lowest BCUT2D eigenvalue weighted by Gasteiger charge is -2.12. The van der Waals surface area contributed by atoms with Gasteiger partial charge in [0.15, 0.2) is 0 Å². The van der Waals surface area contributed by atoms with Crippen LogP contribution in [0.3, 0.4) is 0 Å². The SMILES string of the molecule is O=C(ON1C(=O)CCC1=O)c1ccc(O)c([131I])c1. The Morgan fingerprint density at radius 1 is 1.28 bits per heavy atom. The number of hydrogen-bond acceptors (Lipinski definition) is 5. The van der Waals surface area contributed by atoms with Crippen LogP contribution in [0.15, 0.2) is 18.2 Å². The Labute approximate surface area is 116 Å². The van der Waals surface area contributed by atoms with Gasteiger partial charge in [-0.25, -0.2) is 4.79 Å². The standard InChI is InChI=1S/C11H8INO5/c12-7-5-6(1-2-8(7)14)11(17)18-13-9(15)3-4-10(13)16/h1-2,5,14H,3-4H2/i12+4. The number of phenolic OH excluding ortho intramolecular Hbond substituents is 1. The Morgan fingerprint density at radius 2 is 1.89 bits per heavy atom. The number of rotatable bonds is 2. The van der Waals surface area contributed by atoms with Gasteiger partial charge in [-0.1, -0.05) is 0 Å². The summed E-state index contributed by atoms with van der Waals surface area (Å²) in [6.07, 6.45) is 0.110. The zero-order chi connectivity index (χ0) is 13.3. The molecule has 1 heterocycles. The molecule has 7 heteroatoms. The fourth-order valence-electron chi connectivity index (χ4n) is 1.43. The van der Waals surface area contributed by atoms with Gasteiger partial charge in [-0.15, -0.1) is 5.06 Å². The monoisotopic (exact) mass is 365 g/mol. The van der Waals surface area contributed by atoms with Gasteiger partial charge in [0.05, 0.1) is 9.13 Å². The van der Waals surface area contributed by atoms with E-state index in [9.17, 15) is 19.5 Å². The van der Waals surface area contributed by atoms with Crippen LogP contribution < -0.4 is 0 Å². The molecule has 2 amide bonds. The molecule has 0 atom stereocenters. The van der Waals surface area contributed by atoms with Gasteiger partial charge in [-0.3, -0.25) is 9.59 Å². The Balaban J connectivity index is 2.14. The maximum Gasteiger partial charge on any atom is 0.363 e. The van der Waals surface area contributed by atoms with E-state index >= 15 is 0 Å². The number of hydroxylamine groups is 2. The number of imide groups is 1. The van der Waals surface area contributed by atoms with Gasteiger partial charge in [0, 0.05) is 12.8 Å². The highest BCUT2D eigenvalue weighted by Crippen LogP contribution is 2.21. The highest BCUT2D eigenvalue weighted by Gasteiger charge is 2.33. The Bertz CT molecular complexity index is 526. The second-order valence-corrected chi connectivity index (χ2v) is 4.79. The molecule has 2 rings (SSSR count). The molecule has 0 saturated carbocycles. The van der Waals surface area contributed by atoms with E-state index in [1.165, 1.54) is 18.2 Å². The molecule has 6 nitrogen and oxygen atoms in total. The topological polar surface area (TPSA) is 83.9 Å². The smallest absolute Gasteiger partial charge is 0.363 e. The summed E-state index contributed by atoms with van der Waals surface area (Å²) in [6, 6.07) is 4.10. The van der Waals surface area contributed by atoms with E-state index < -0.39 is 17.8 Å². The first kappa shape index (κ1) is 12.8. The van der Waals surface area contributed by atoms with E-state index in [0.717, 1.165) is 0 Å². The van der Waals surface area contributed by atoms with Gasteiger partial charge in [-0.05, 0) is 40.8 Å². The zero-order valence-electron chi connectivity index (χ0n) is 9.05. The fourth-order valence-corrected chi connectivity index (χ4v) is 1.94. The quantitative estimate of drug-likeness (QED) is 0.630. The van der Waals surface area contributed by atoms with Crippen molar-refractivity contribution in [2.45, 2.75) is 12.8 Å². The minimum atomic E-state index is -0.809.